The minimum Gasteiger partial charge on any atom is -0.423 e. The number of hydrogen-bond donors (Lipinski definition) is 0. The Morgan fingerprint density at radius 3 is 1.13 bits per heavy atom. The second-order valence-electron chi connectivity index (χ2n) is 9.12. The Morgan fingerprint density at radius 2 is 0.826 bits per heavy atom. The van der Waals surface area contributed by atoms with Crippen LogP contribution < -0.4 is 30.3 Å². The van der Waals surface area contributed by atoms with Gasteiger partial charge in [0.15, 0.2) is 0 Å². The number of carbonyl (C=O) groups is 2. The zero-order valence-electron chi connectivity index (χ0n) is 22.5. The van der Waals surface area contributed by atoms with Gasteiger partial charge in [-0.25, -0.2) is 28.8 Å². The summed E-state index contributed by atoms with van der Waals surface area (Å²) in [4.78, 5) is 69.0. The van der Waals surface area contributed by atoms with Gasteiger partial charge in [-0.2, -0.15) is 26.3 Å². The van der Waals surface area contributed by atoms with Crippen molar-refractivity contribution in [1.82, 2.24) is 0 Å². The molecule has 0 aliphatic heterocycles. The molecule has 14 heteroatoms. The van der Waals surface area contributed by atoms with Crippen LogP contribution in [0.1, 0.15) is 31.8 Å². The van der Waals surface area contributed by atoms with Crippen molar-refractivity contribution in [1.29, 1.82) is 0 Å². The van der Waals surface area contributed by atoms with E-state index in [-0.39, 0.29) is 44.5 Å². The van der Waals surface area contributed by atoms with E-state index in [1.165, 1.54) is 23.8 Å². The largest absolute Gasteiger partial charge is 0.423 e. The molecule has 4 aromatic rings. The van der Waals surface area contributed by atoms with Crippen LogP contribution in [-0.2, 0) is 31.5 Å². The average molecular weight is 638 g/mol. The van der Waals surface area contributed by atoms with E-state index in [2.05, 4.69) is 0 Å². The molecule has 0 heterocycles. The van der Waals surface area contributed by atoms with Crippen molar-refractivity contribution in [2.75, 3.05) is 0 Å². The predicted molar refractivity (Wildman–Crippen MR) is 142 cm³/mol. The molecule has 0 fully saturated rings. The zero-order chi connectivity index (χ0) is 33.8. The lowest BCUT2D eigenvalue weighted by Crippen LogP contribution is -2.27. The van der Waals surface area contributed by atoms with Crippen molar-refractivity contribution in [2.24, 2.45) is 0 Å². The first-order valence-electron chi connectivity index (χ1n) is 12.4. The number of rotatable bonds is 5. The van der Waals surface area contributed by atoms with Gasteiger partial charge in [-0.1, -0.05) is 12.1 Å². The van der Waals surface area contributed by atoms with Gasteiger partial charge in [0.05, 0.1) is 43.1 Å². The standard InChI is InChI=1S/C32H12F6O8/c33-31(34,35)27-11-17(29(43)45-23-5-1-19(13-39)21(9-23)15-41)3-7-25(27)26-8-4-18(12-28(26)32(36,37)38)30(44)46-24-6-2-20(14-40)22(10-24)16-42/h1-12H. The number of carbonyl (C=O) groups excluding carboxylic acids is 6. The van der Waals surface area contributed by atoms with Crippen LogP contribution in [0.4, 0.5) is 26.3 Å². The molecule has 8 nitrogen and oxygen atoms in total. The van der Waals surface area contributed by atoms with Crippen molar-refractivity contribution >= 4 is 35.7 Å². The summed E-state index contributed by atoms with van der Waals surface area (Å²) >= 11 is 0. The maximum absolute atomic E-state index is 14.1. The van der Waals surface area contributed by atoms with Crippen LogP contribution in [0.25, 0.3) is 11.1 Å². The van der Waals surface area contributed by atoms with Gasteiger partial charge in [-0.15, -0.1) is 0 Å². The van der Waals surface area contributed by atoms with Crippen LogP contribution in [0.5, 0.6) is 11.5 Å². The molecule has 230 valence electrons. The van der Waals surface area contributed by atoms with Crippen molar-refractivity contribution in [3.63, 3.8) is 0 Å². The van der Waals surface area contributed by atoms with E-state index in [1.54, 1.807) is 0 Å². The monoisotopic (exact) mass is 638 g/mol. The Morgan fingerprint density at radius 1 is 0.478 bits per heavy atom. The topological polar surface area (TPSA) is 121 Å². The van der Waals surface area contributed by atoms with Crippen LogP contribution in [0, 0.1) is 0 Å². The highest BCUT2D eigenvalue weighted by molar-refractivity contribution is 5.94. The Bertz CT molecular complexity index is 2090. The fourth-order valence-electron chi connectivity index (χ4n) is 4.13. The molecule has 0 unspecified atom stereocenters. The molecule has 0 spiro atoms. The summed E-state index contributed by atoms with van der Waals surface area (Å²) in [5.74, 6) is 2.24. The molecule has 0 aliphatic carbocycles. The van der Waals surface area contributed by atoms with Crippen LogP contribution in [0.15, 0.2) is 72.8 Å². The molecule has 0 aromatic heterocycles. The third kappa shape index (κ3) is 6.92. The first-order chi connectivity index (χ1) is 21.7. The Balaban J connectivity index is 1.76. The fraction of sp³-hybridized carbons (Fsp3) is 0.0625. The SMILES string of the molecule is O=C=c1ccc(OC(=O)c2ccc(-c3ccc(C(=O)Oc4ccc(=C=O)c(=C=O)c4)cc3C(F)(F)F)c(C(F)(F)F)c2)cc1=C=O. The van der Waals surface area contributed by atoms with E-state index in [0.717, 1.165) is 48.5 Å². The highest BCUT2D eigenvalue weighted by Crippen LogP contribution is 2.43. The maximum atomic E-state index is 14.1. The molecule has 0 aliphatic rings. The normalized spacial score (nSPS) is 11.0. The summed E-state index contributed by atoms with van der Waals surface area (Å²) in [5, 5.41) is -1.15. The molecular weight excluding hydrogens is 626 g/mol. The third-order valence-corrected chi connectivity index (χ3v) is 6.25. The summed E-state index contributed by atoms with van der Waals surface area (Å²) in [5.41, 5.74) is -6.74. The molecule has 0 amide bonds. The van der Waals surface area contributed by atoms with Crippen LogP contribution in [0.3, 0.4) is 0 Å². The fourth-order valence-corrected chi connectivity index (χ4v) is 4.13. The van der Waals surface area contributed by atoms with Gasteiger partial charge in [0, 0.05) is 12.1 Å². The smallest absolute Gasteiger partial charge is 0.417 e. The molecule has 0 radical (unpaired) electrons. The summed E-state index contributed by atoms with van der Waals surface area (Å²) in [7, 11) is 0. The molecule has 0 saturated heterocycles. The Labute approximate surface area is 251 Å². The number of halogens is 6. The number of ether oxygens (including phenoxy) is 2. The molecule has 46 heavy (non-hydrogen) atoms. The first kappa shape index (κ1) is 32.6. The molecule has 4 aromatic carbocycles. The highest BCUT2D eigenvalue weighted by atomic mass is 19.4. The second kappa shape index (κ2) is 12.8. The van der Waals surface area contributed by atoms with Gasteiger partial charge in [0.2, 0.25) is 0 Å². The summed E-state index contributed by atoms with van der Waals surface area (Å²) < 4.78 is 94.8. The lowest BCUT2D eigenvalue weighted by molar-refractivity contribution is -0.139. The van der Waals surface area contributed by atoms with Crippen molar-refractivity contribution in [3.05, 3.63) is 116 Å². The molecule has 4 rings (SSSR count). The van der Waals surface area contributed by atoms with E-state index in [9.17, 15) is 55.1 Å². The minimum absolute atomic E-state index is 0.226. The Hall–Kier alpha value is -6.28. The van der Waals surface area contributed by atoms with Gasteiger partial charge in [0.1, 0.15) is 35.3 Å². The van der Waals surface area contributed by atoms with E-state index >= 15 is 0 Å². The summed E-state index contributed by atoms with van der Waals surface area (Å²) in [6.45, 7) is 0. The lowest BCUT2D eigenvalue weighted by atomic mass is 9.92. The second-order valence-corrected chi connectivity index (χ2v) is 9.12. The number of esters is 2. The zero-order valence-corrected chi connectivity index (χ0v) is 22.5. The van der Waals surface area contributed by atoms with E-state index in [4.69, 9.17) is 9.47 Å². The van der Waals surface area contributed by atoms with Gasteiger partial charge in [-0.05, 0) is 59.7 Å². The number of hydrogen-bond acceptors (Lipinski definition) is 8. The predicted octanol–water partition coefficient (Wildman–Crippen LogP) is 1.84. The lowest BCUT2D eigenvalue weighted by Gasteiger charge is -2.19. The van der Waals surface area contributed by atoms with Crippen LogP contribution >= 0.6 is 0 Å². The quantitative estimate of drug-likeness (QED) is 0.185. The van der Waals surface area contributed by atoms with E-state index in [1.807, 2.05) is 0 Å². The van der Waals surface area contributed by atoms with Crippen LogP contribution in [0.2, 0.25) is 0 Å². The molecular formula is C32H12F6O8. The van der Waals surface area contributed by atoms with Gasteiger partial charge >= 0.3 is 24.3 Å². The third-order valence-electron chi connectivity index (χ3n) is 6.25. The summed E-state index contributed by atoms with van der Waals surface area (Å²) in [6, 6.07) is 9.32. The maximum Gasteiger partial charge on any atom is 0.417 e. The van der Waals surface area contributed by atoms with Crippen molar-refractivity contribution in [3.8, 4) is 22.6 Å². The molecule has 0 N–H and O–H groups in total. The Kier molecular flexibility index (Phi) is 9.05. The first-order valence-corrected chi connectivity index (χ1v) is 12.4. The summed E-state index contributed by atoms with van der Waals surface area (Å²) in [6.07, 6.45) is -10.6. The number of benzene rings is 4. The minimum atomic E-state index is -5.29. The van der Waals surface area contributed by atoms with Gasteiger partial charge < -0.3 is 9.47 Å². The van der Waals surface area contributed by atoms with E-state index < -0.39 is 57.7 Å². The average Bonchev–Trinajstić information content (AvgIpc) is 3.03. The van der Waals surface area contributed by atoms with E-state index in [0.29, 0.717) is 12.1 Å². The van der Waals surface area contributed by atoms with Crippen LogP contribution in [-0.4, -0.2) is 35.7 Å². The van der Waals surface area contributed by atoms with Crippen molar-refractivity contribution < 1.29 is 64.6 Å². The molecule has 0 saturated carbocycles. The molecule has 0 bridgehead atoms. The molecule has 0 atom stereocenters. The van der Waals surface area contributed by atoms with Gasteiger partial charge in [-0.3, -0.25) is 0 Å². The van der Waals surface area contributed by atoms with Crippen molar-refractivity contribution in [2.45, 2.75) is 12.4 Å². The van der Waals surface area contributed by atoms with Gasteiger partial charge in [0.25, 0.3) is 0 Å². The highest BCUT2D eigenvalue weighted by Gasteiger charge is 2.39. The number of alkyl halides is 6.